The minimum absolute atomic E-state index is 0.0978. The van der Waals surface area contributed by atoms with Crippen molar-refractivity contribution in [1.82, 2.24) is 9.21 Å². The van der Waals surface area contributed by atoms with Gasteiger partial charge in [-0.15, -0.1) is 6.42 Å². The van der Waals surface area contributed by atoms with E-state index in [0.29, 0.717) is 0 Å². The Hall–Kier alpha value is -2.42. The predicted molar refractivity (Wildman–Crippen MR) is 142 cm³/mol. The number of non-ortho nitro benzene ring substituents is 1. The molecule has 1 saturated heterocycles. The van der Waals surface area contributed by atoms with Gasteiger partial charge in [-0.3, -0.25) is 27.9 Å². The Balaban J connectivity index is 2.60. The Bertz CT molecular complexity index is 1540. The fraction of sp³-hybridized carbons (Fsp3) is 0.579. The Morgan fingerprint density at radius 1 is 0.975 bits per heavy atom. The molecule has 1 aromatic rings. The maximum absolute atomic E-state index is 13.8. The van der Waals surface area contributed by atoms with Gasteiger partial charge in [-0.05, 0) is 0 Å². The molecule has 40 heavy (non-hydrogen) atoms. The highest BCUT2D eigenvalue weighted by atomic mass is 32.2. The van der Waals surface area contributed by atoms with E-state index in [1.807, 2.05) is 0 Å². The van der Waals surface area contributed by atoms with Crippen LogP contribution in [0.15, 0.2) is 17.0 Å². The van der Waals surface area contributed by atoms with Crippen LogP contribution in [0.2, 0.25) is 0 Å². The van der Waals surface area contributed by atoms with Crippen molar-refractivity contribution in [2.75, 3.05) is 75.8 Å². The van der Waals surface area contributed by atoms with Gasteiger partial charge in [-0.25, -0.2) is 8.42 Å². The second-order valence-corrected chi connectivity index (χ2v) is 15.1. The zero-order valence-corrected chi connectivity index (χ0v) is 24.6. The van der Waals surface area contributed by atoms with Crippen LogP contribution in [0.3, 0.4) is 0 Å². The van der Waals surface area contributed by atoms with E-state index in [9.17, 15) is 43.8 Å². The van der Waals surface area contributed by atoms with Gasteiger partial charge >= 0.3 is 0 Å². The lowest BCUT2D eigenvalue weighted by Gasteiger charge is -2.34. The third-order valence-corrected chi connectivity index (χ3v) is 9.15. The van der Waals surface area contributed by atoms with Crippen LogP contribution in [0.5, 0.6) is 0 Å². The number of hydrogen-bond donors (Lipinski definition) is 1. The number of nitrogens with zero attached hydrogens (tertiary/aromatic N) is 4. The van der Waals surface area contributed by atoms with Crippen LogP contribution in [0.25, 0.3) is 0 Å². The molecule has 0 atom stereocenters. The normalized spacial score (nSPS) is 15.9. The van der Waals surface area contributed by atoms with Crippen molar-refractivity contribution in [1.29, 1.82) is 0 Å². The highest BCUT2D eigenvalue weighted by molar-refractivity contribution is 7.89. The Kier molecular flexibility index (Phi) is 11.0. The number of piperazine rings is 1. The van der Waals surface area contributed by atoms with Gasteiger partial charge in [0.25, 0.3) is 36.0 Å². The first-order chi connectivity index (χ1) is 18.2. The van der Waals surface area contributed by atoms with E-state index < -0.39 is 75.0 Å². The molecule has 226 valence electrons. The number of nitro benzene ring substituents is 1. The van der Waals surface area contributed by atoms with E-state index in [1.54, 1.807) is 0 Å². The molecule has 0 aromatic heterocycles. The minimum Gasteiger partial charge on any atom is -0.365 e. The second kappa shape index (κ2) is 13.0. The molecule has 1 aromatic carbocycles. The third kappa shape index (κ3) is 10.2. The maximum atomic E-state index is 13.8. The standard InChI is InChI=1S/C19H28N4O13S4/c1-4-16-13-17(23(24)25)14-18(40(33,34)22-7-5-20(6-8-22)15-39(30,31)32)19(16)21(9-11-35-37(2,26)27)10-12-36-38(3,28)29/h1,13-14H,5-12,15H2,2-3H3,(H,30,31,32). The van der Waals surface area contributed by atoms with Crippen LogP contribution >= 0.6 is 0 Å². The predicted octanol–water partition coefficient (Wildman–Crippen LogP) is -1.51. The molecule has 0 saturated carbocycles. The van der Waals surface area contributed by atoms with Crippen molar-refractivity contribution in [3.63, 3.8) is 0 Å². The molecular weight excluding hydrogens is 620 g/mol. The van der Waals surface area contributed by atoms with Crippen LogP contribution in [-0.4, -0.2) is 123 Å². The first-order valence-corrected chi connectivity index (χ1v) is 17.8. The van der Waals surface area contributed by atoms with Gasteiger partial charge in [0.1, 0.15) is 10.8 Å². The van der Waals surface area contributed by atoms with Crippen LogP contribution in [-0.2, 0) is 48.7 Å². The van der Waals surface area contributed by atoms with Gasteiger partial charge in [0.15, 0.2) is 0 Å². The molecule has 1 fully saturated rings. The zero-order valence-electron chi connectivity index (χ0n) is 21.4. The molecule has 21 heteroatoms. The van der Waals surface area contributed by atoms with Gasteiger partial charge < -0.3 is 4.90 Å². The number of rotatable bonds is 14. The van der Waals surface area contributed by atoms with Crippen LogP contribution < -0.4 is 4.90 Å². The molecule has 1 heterocycles. The topological polar surface area (TPSA) is 228 Å². The van der Waals surface area contributed by atoms with Gasteiger partial charge in [0.05, 0.1) is 41.9 Å². The molecule has 1 aliphatic rings. The SMILES string of the molecule is C#Cc1cc([N+](=O)[O-])cc(S(=O)(=O)N2CCN(CS(=O)(=O)O)CC2)c1N(CCOS(C)(=O)=O)CCOS(C)(=O)=O. The largest absolute Gasteiger partial charge is 0.365 e. The van der Waals surface area contributed by atoms with Crippen molar-refractivity contribution >= 4 is 51.8 Å². The molecule has 0 aliphatic carbocycles. The number of benzene rings is 1. The number of anilines is 1. The molecular formula is C19H28N4O13S4. The van der Waals surface area contributed by atoms with Gasteiger partial charge in [-0.1, -0.05) is 5.92 Å². The van der Waals surface area contributed by atoms with Crippen molar-refractivity contribution in [2.24, 2.45) is 0 Å². The van der Waals surface area contributed by atoms with Crippen molar-refractivity contribution in [3.8, 4) is 12.3 Å². The Labute approximate surface area is 232 Å². The number of nitro groups is 1. The highest BCUT2D eigenvalue weighted by Crippen LogP contribution is 2.35. The summed E-state index contributed by atoms with van der Waals surface area (Å²) in [4.78, 5) is 12.6. The zero-order chi connectivity index (χ0) is 30.5. The highest BCUT2D eigenvalue weighted by Gasteiger charge is 2.35. The summed E-state index contributed by atoms with van der Waals surface area (Å²) >= 11 is 0. The lowest BCUT2D eigenvalue weighted by molar-refractivity contribution is -0.385. The van der Waals surface area contributed by atoms with Crippen molar-refractivity contribution < 1.29 is 51.5 Å². The summed E-state index contributed by atoms with van der Waals surface area (Å²) in [7, 11) is -16.8. The van der Waals surface area contributed by atoms with E-state index in [-0.39, 0.29) is 50.5 Å². The molecule has 0 bridgehead atoms. The lowest BCUT2D eigenvalue weighted by atomic mass is 10.1. The molecule has 2 rings (SSSR count). The molecule has 0 amide bonds. The Morgan fingerprint density at radius 3 is 1.88 bits per heavy atom. The molecule has 1 N–H and O–H groups in total. The smallest absolute Gasteiger partial charge is 0.278 e. The molecule has 0 radical (unpaired) electrons. The summed E-state index contributed by atoms with van der Waals surface area (Å²) in [6, 6.07) is 1.69. The lowest BCUT2D eigenvalue weighted by Crippen LogP contribution is -2.50. The minimum atomic E-state index is -4.57. The number of terminal acetylenes is 1. The van der Waals surface area contributed by atoms with Crippen LogP contribution in [0, 0.1) is 22.5 Å². The summed E-state index contributed by atoms with van der Waals surface area (Å²) in [5.41, 5.74) is -1.20. The molecule has 17 nitrogen and oxygen atoms in total. The molecule has 0 spiro atoms. The summed E-state index contributed by atoms with van der Waals surface area (Å²) in [5, 5.41) is 11.6. The Morgan fingerprint density at radius 2 is 1.48 bits per heavy atom. The molecule has 1 aliphatic heterocycles. The summed E-state index contributed by atoms with van der Waals surface area (Å²) in [6.45, 7) is -2.44. The van der Waals surface area contributed by atoms with Crippen LogP contribution in [0.1, 0.15) is 5.56 Å². The fourth-order valence-electron chi connectivity index (χ4n) is 3.73. The summed E-state index contributed by atoms with van der Waals surface area (Å²) in [5.74, 6) is 1.46. The van der Waals surface area contributed by atoms with E-state index in [0.717, 1.165) is 28.9 Å². The van der Waals surface area contributed by atoms with Gasteiger partial charge in [0, 0.05) is 51.4 Å². The fourth-order valence-corrected chi connectivity index (χ4v) is 6.88. The van der Waals surface area contributed by atoms with Crippen molar-refractivity contribution in [3.05, 3.63) is 27.8 Å². The third-order valence-electron chi connectivity index (χ3n) is 5.35. The maximum Gasteiger partial charge on any atom is 0.278 e. The average Bonchev–Trinajstić information content (AvgIpc) is 2.80. The number of hydrogen-bond acceptors (Lipinski definition) is 14. The molecule has 0 unspecified atom stereocenters. The average molecular weight is 649 g/mol. The quantitative estimate of drug-likeness (QED) is 0.0795. The van der Waals surface area contributed by atoms with E-state index in [2.05, 4.69) is 5.92 Å². The van der Waals surface area contributed by atoms with E-state index >= 15 is 0 Å². The summed E-state index contributed by atoms with van der Waals surface area (Å²) in [6.07, 6.45) is 7.13. The van der Waals surface area contributed by atoms with Gasteiger partial charge in [0.2, 0.25) is 10.0 Å². The first kappa shape index (κ1) is 33.8. The van der Waals surface area contributed by atoms with Crippen molar-refractivity contribution in [2.45, 2.75) is 4.90 Å². The first-order valence-electron chi connectivity index (χ1n) is 11.1. The second-order valence-electron chi connectivity index (χ2n) is 8.51. The summed E-state index contributed by atoms with van der Waals surface area (Å²) < 4.78 is 115. The number of sulfonamides is 1. The van der Waals surface area contributed by atoms with Crippen LogP contribution in [0.4, 0.5) is 11.4 Å². The monoisotopic (exact) mass is 648 g/mol. The van der Waals surface area contributed by atoms with E-state index in [4.69, 9.17) is 19.3 Å². The van der Waals surface area contributed by atoms with E-state index in [1.165, 1.54) is 9.80 Å². The van der Waals surface area contributed by atoms with Gasteiger partial charge in [-0.2, -0.15) is 29.6 Å².